The van der Waals surface area contributed by atoms with Crippen LogP contribution in [0.3, 0.4) is 0 Å². The van der Waals surface area contributed by atoms with Gasteiger partial charge in [-0.2, -0.15) is 0 Å². The number of benzene rings is 1. The molecule has 0 radical (unpaired) electrons. The standard InChI is InChI=1S/C15H22N2O3/c1-19-13-6-4-12(5-7-13)15(11-2-3-11)17-14(18)10-20-9-8-16/h4-7,11,15H,2-3,8-10,16H2,1H3,(H,17,18). The van der Waals surface area contributed by atoms with Gasteiger partial charge in [0.05, 0.1) is 19.8 Å². The van der Waals surface area contributed by atoms with E-state index in [9.17, 15) is 4.79 Å². The Morgan fingerprint density at radius 1 is 1.40 bits per heavy atom. The Hall–Kier alpha value is -1.59. The highest BCUT2D eigenvalue weighted by molar-refractivity contribution is 5.77. The number of hydrogen-bond acceptors (Lipinski definition) is 4. The number of rotatable bonds is 8. The van der Waals surface area contributed by atoms with Crippen LogP contribution in [0.1, 0.15) is 24.4 Å². The van der Waals surface area contributed by atoms with E-state index in [1.54, 1.807) is 7.11 Å². The summed E-state index contributed by atoms with van der Waals surface area (Å²) in [7, 11) is 1.64. The van der Waals surface area contributed by atoms with Crippen LogP contribution < -0.4 is 15.8 Å². The van der Waals surface area contributed by atoms with Crippen LogP contribution in [0.2, 0.25) is 0 Å². The smallest absolute Gasteiger partial charge is 0.246 e. The summed E-state index contributed by atoms with van der Waals surface area (Å²) in [5.74, 6) is 1.26. The van der Waals surface area contributed by atoms with E-state index >= 15 is 0 Å². The third-order valence-corrected chi connectivity index (χ3v) is 3.38. The first-order chi connectivity index (χ1) is 9.74. The molecule has 1 fully saturated rings. The van der Waals surface area contributed by atoms with E-state index in [1.165, 1.54) is 0 Å². The van der Waals surface area contributed by atoms with Crippen LogP contribution in [0, 0.1) is 5.92 Å². The summed E-state index contributed by atoms with van der Waals surface area (Å²) in [6, 6.07) is 7.91. The summed E-state index contributed by atoms with van der Waals surface area (Å²) >= 11 is 0. The number of carbonyl (C=O) groups excluding carboxylic acids is 1. The number of ether oxygens (including phenoxy) is 2. The van der Waals surface area contributed by atoms with E-state index in [1.807, 2.05) is 24.3 Å². The predicted molar refractivity (Wildman–Crippen MR) is 76.5 cm³/mol. The highest BCUT2D eigenvalue weighted by Crippen LogP contribution is 2.41. The van der Waals surface area contributed by atoms with Gasteiger partial charge in [-0.3, -0.25) is 4.79 Å². The molecule has 0 saturated heterocycles. The Morgan fingerprint density at radius 2 is 2.10 bits per heavy atom. The average Bonchev–Trinajstić information content (AvgIpc) is 3.30. The average molecular weight is 278 g/mol. The SMILES string of the molecule is COc1ccc(C(NC(=O)COCCN)C2CC2)cc1. The molecule has 1 saturated carbocycles. The first-order valence-corrected chi connectivity index (χ1v) is 6.95. The lowest BCUT2D eigenvalue weighted by Crippen LogP contribution is -2.33. The van der Waals surface area contributed by atoms with E-state index < -0.39 is 0 Å². The van der Waals surface area contributed by atoms with Crippen LogP contribution in [-0.4, -0.2) is 32.8 Å². The quantitative estimate of drug-likeness (QED) is 0.702. The molecule has 0 aromatic heterocycles. The number of hydrogen-bond donors (Lipinski definition) is 2. The number of methoxy groups -OCH3 is 1. The zero-order valence-corrected chi connectivity index (χ0v) is 11.8. The molecule has 20 heavy (non-hydrogen) atoms. The first kappa shape index (κ1) is 14.8. The zero-order chi connectivity index (χ0) is 14.4. The fourth-order valence-corrected chi connectivity index (χ4v) is 2.18. The van der Waals surface area contributed by atoms with Gasteiger partial charge >= 0.3 is 0 Å². The molecule has 110 valence electrons. The van der Waals surface area contributed by atoms with Gasteiger partial charge in [-0.1, -0.05) is 12.1 Å². The Morgan fingerprint density at radius 3 is 2.65 bits per heavy atom. The van der Waals surface area contributed by atoms with Gasteiger partial charge in [0, 0.05) is 6.54 Å². The summed E-state index contributed by atoms with van der Waals surface area (Å²) in [6.07, 6.45) is 2.31. The topological polar surface area (TPSA) is 73.6 Å². The van der Waals surface area contributed by atoms with E-state index in [-0.39, 0.29) is 18.6 Å². The van der Waals surface area contributed by atoms with Gasteiger partial charge in [0.25, 0.3) is 0 Å². The number of nitrogens with one attached hydrogen (secondary N) is 1. The van der Waals surface area contributed by atoms with Crippen molar-refractivity contribution in [2.45, 2.75) is 18.9 Å². The Labute approximate surface area is 119 Å². The molecular formula is C15H22N2O3. The van der Waals surface area contributed by atoms with Gasteiger partial charge < -0.3 is 20.5 Å². The lowest BCUT2D eigenvalue weighted by molar-refractivity contribution is -0.126. The molecule has 0 spiro atoms. The van der Waals surface area contributed by atoms with Crippen LogP contribution in [0.5, 0.6) is 5.75 Å². The van der Waals surface area contributed by atoms with Gasteiger partial charge in [-0.25, -0.2) is 0 Å². The lowest BCUT2D eigenvalue weighted by Gasteiger charge is -2.19. The molecule has 5 heteroatoms. The molecule has 1 aliphatic carbocycles. The van der Waals surface area contributed by atoms with Gasteiger partial charge in [0.15, 0.2) is 0 Å². The van der Waals surface area contributed by atoms with Gasteiger partial charge in [0.1, 0.15) is 12.4 Å². The van der Waals surface area contributed by atoms with Crippen molar-refractivity contribution < 1.29 is 14.3 Å². The lowest BCUT2D eigenvalue weighted by atomic mass is 10.0. The summed E-state index contributed by atoms with van der Waals surface area (Å²) < 4.78 is 10.3. The molecule has 1 aromatic carbocycles. The minimum absolute atomic E-state index is 0.0647. The number of amides is 1. The Balaban J connectivity index is 1.94. The molecule has 1 aliphatic rings. The monoisotopic (exact) mass is 278 g/mol. The molecule has 5 nitrogen and oxygen atoms in total. The van der Waals surface area contributed by atoms with Crippen molar-refractivity contribution in [3.8, 4) is 5.75 Å². The second-order valence-electron chi connectivity index (χ2n) is 5.00. The Kier molecular flexibility index (Phi) is 5.38. The predicted octanol–water partition coefficient (Wildman–Crippen LogP) is 1.24. The molecule has 1 amide bonds. The summed E-state index contributed by atoms with van der Waals surface area (Å²) in [6.45, 7) is 0.901. The van der Waals surface area contributed by atoms with Crippen molar-refractivity contribution in [1.29, 1.82) is 0 Å². The molecular weight excluding hydrogens is 256 g/mol. The first-order valence-electron chi connectivity index (χ1n) is 6.95. The molecule has 0 bridgehead atoms. The van der Waals surface area contributed by atoms with Crippen LogP contribution in [0.4, 0.5) is 0 Å². The van der Waals surface area contributed by atoms with Crippen LogP contribution in [-0.2, 0) is 9.53 Å². The van der Waals surface area contributed by atoms with E-state index in [2.05, 4.69) is 5.32 Å². The number of carbonyl (C=O) groups is 1. The second kappa shape index (κ2) is 7.26. The van der Waals surface area contributed by atoms with Crippen LogP contribution >= 0.6 is 0 Å². The largest absolute Gasteiger partial charge is 0.497 e. The molecule has 3 N–H and O–H groups in total. The third-order valence-electron chi connectivity index (χ3n) is 3.38. The maximum atomic E-state index is 11.9. The molecule has 2 rings (SSSR count). The van der Waals surface area contributed by atoms with Crippen LogP contribution in [0.25, 0.3) is 0 Å². The van der Waals surface area contributed by atoms with Crippen molar-refractivity contribution in [2.24, 2.45) is 11.7 Å². The molecule has 1 unspecified atom stereocenters. The number of nitrogens with two attached hydrogens (primary N) is 1. The highest BCUT2D eigenvalue weighted by atomic mass is 16.5. The van der Waals surface area contributed by atoms with E-state index in [0.717, 1.165) is 24.2 Å². The summed E-state index contributed by atoms with van der Waals surface area (Å²) in [4.78, 5) is 11.9. The van der Waals surface area contributed by atoms with Crippen molar-refractivity contribution in [2.75, 3.05) is 26.9 Å². The van der Waals surface area contributed by atoms with Crippen LogP contribution in [0.15, 0.2) is 24.3 Å². The van der Waals surface area contributed by atoms with Crippen molar-refractivity contribution in [3.63, 3.8) is 0 Å². The van der Waals surface area contributed by atoms with Crippen molar-refractivity contribution in [1.82, 2.24) is 5.32 Å². The minimum atomic E-state index is -0.0915. The van der Waals surface area contributed by atoms with Crippen molar-refractivity contribution in [3.05, 3.63) is 29.8 Å². The second-order valence-corrected chi connectivity index (χ2v) is 5.00. The fraction of sp³-hybridized carbons (Fsp3) is 0.533. The summed E-state index contributed by atoms with van der Waals surface area (Å²) in [5.41, 5.74) is 6.44. The normalized spacial score (nSPS) is 15.7. The van der Waals surface area contributed by atoms with E-state index in [4.69, 9.17) is 15.2 Å². The third kappa shape index (κ3) is 4.21. The zero-order valence-electron chi connectivity index (χ0n) is 11.8. The summed E-state index contributed by atoms with van der Waals surface area (Å²) in [5, 5.41) is 3.05. The maximum absolute atomic E-state index is 11.9. The molecule has 1 atom stereocenters. The Bertz CT molecular complexity index is 429. The molecule has 0 heterocycles. The maximum Gasteiger partial charge on any atom is 0.246 e. The minimum Gasteiger partial charge on any atom is -0.497 e. The molecule has 1 aromatic rings. The van der Waals surface area contributed by atoms with Crippen molar-refractivity contribution >= 4 is 5.91 Å². The van der Waals surface area contributed by atoms with Gasteiger partial charge in [-0.05, 0) is 36.5 Å². The molecule has 0 aliphatic heterocycles. The van der Waals surface area contributed by atoms with E-state index in [0.29, 0.717) is 19.1 Å². The highest BCUT2D eigenvalue weighted by Gasteiger charge is 2.33. The fourth-order valence-electron chi connectivity index (χ4n) is 2.18. The van der Waals surface area contributed by atoms with Gasteiger partial charge in [0.2, 0.25) is 5.91 Å². The van der Waals surface area contributed by atoms with Gasteiger partial charge in [-0.15, -0.1) is 0 Å².